The summed E-state index contributed by atoms with van der Waals surface area (Å²) in [6, 6.07) is 1.82. The molecule has 1 fully saturated rings. The van der Waals surface area contributed by atoms with Crippen LogP contribution in [-0.2, 0) is 7.05 Å². The van der Waals surface area contributed by atoms with Gasteiger partial charge in [0.2, 0.25) is 5.95 Å². The quantitative estimate of drug-likeness (QED) is 0.935. The standard InChI is InChI=1S/C16H22N6O/c1-10-8-13(20-16(17-3)19-10)15(23)22-7-5-6-14(22)12-9-18-21(4)11(12)2/h8-9,14H,5-7H2,1-4H3,(H,17,19,20). The highest BCUT2D eigenvalue weighted by molar-refractivity contribution is 5.93. The summed E-state index contributed by atoms with van der Waals surface area (Å²) in [7, 11) is 3.67. The lowest BCUT2D eigenvalue weighted by Gasteiger charge is -2.24. The van der Waals surface area contributed by atoms with Crippen molar-refractivity contribution in [1.82, 2.24) is 24.6 Å². The summed E-state index contributed by atoms with van der Waals surface area (Å²) < 4.78 is 1.85. The van der Waals surface area contributed by atoms with E-state index in [1.165, 1.54) is 0 Å². The Kier molecular flexibility index (Phi) is 4.02. The molecule has 7 nitrogen and oxygen atoms in total. The maximum atomic E-state index is 12.9. The second-order valence-electron chi connectivity index (χ2n) is 5.93. The average molecular weight is 314 g/mol. The number of aryl methyl sites for hydroxylation is 2. The van der Waals surface area contributed by atoms with Crippen LogP contribution in [0.15, 0.2) is 12.3 Å². The van der Waals surface area contributed by atoms with Crippen LogP contribution in [0.1, 0.15) is 46.3 Å². The lowest BCUT2D eigenvalue weighted by atomic mass is 10.1. The predicted molar refractivity (Wildman–Crippen MR) is 87.3 cm³/mol. The normalized spacial score (nSPS) is 17.6. The Morgan fingerprint density at radius 2 is 2.13 bits per heavy atom. The Hall–Kier alpha value is -2.44. The van der Waals surface area contributed by atoms with Crippen LogP contribution < -0.4 is 5.32 Å². The van der Waals surface area contributed by atoms with Crippen LogP contribution in [0, 0.1) is 13.8 Å². The first-order valence-electron chi connectivity index (χ1n) is 7.84. The molecule has 3 heterocycles. The fraction of sp³-hybridized carbons (Fsp3) is 0.500. The van der Waals surface area contributed by atoms with Gasteiger partial charge < -0.3 is 10.2 Å². The molecule has 1 aliphatic rings. The third kappa shape index (κ3) is 2.78. The number of aromatic nitrogens is 4. The zero-order valence-corrected chi connectivity index (χ0v) is 14.0. The number of likely N-dealkylation sites (tertiary alicyclic amines) is 1. The van der Waals surface area contributed by atoms with Gasteiger partial charge in [0.15, 0.2) is 0 Å². The van der Waals surface area contributed by atoms with Gasteiger partial charge in [0.1, 0.15) is 5.69 Å². The van der Waals surface area contributed by atoms with E-state index in [4.69, 9.17) is 0 Å². The number of nitrogens with zero attached hydrogens (tertiary/aromatic N) is 5. The zero-order valence-electron chi connectivity index (χ0n) is 14.0. The van der Waals surface area contributed by atoms with E-state index in [9.17, 15) is 4.79 Å². The highest BCUT2D eigenvalue weighted by Gasteiger charge is 2.33. The van der Waals surface area contributed by atoms with Crippen molar-refractivity contribution in [2.24, 2.45) is 7.05 Å². The summed E-state index contributed by atoms with van der Waals surface area (Å²) in [5.74, 6) is 0.430. The molecule has 23 heavy (non-hydrogen) atoms. The second kappa shape index (κ2) is 5.98. The Balaban J connectivity index is 1.92. The van der Waals surface area contributed by atoms with Crippen LogP contribution in [0.25, 0.3) is 0 Å². The fourth-order valence-corrected chi connectivity index (χ4v) is 3.11. The van der Waals surface area contributed by atoms with Crippen LogP contribution in [0.4, 0.5) is 5.95 Å². The van der Waals surface area contributed by atoms with Crippen molar-refractivity contribution in [2.75, 3.05) is 18.9 Å². The average Bonchev–Trinajstić information content (AvgIpc) is 3.13. The number of hydrogen-bond donors (Lipinski definition) is 1. The topological polar surface area (TPSA) is 75.9 Å². The van der Waals surface area contributed by atoms with E-state index >= 15 is 0 Å². The minimum Gasteiger partial charge on any atom is -0.357 e. The molecule has 0 saturated carbocycles. The molecule has 0 aromatic carbocycles. The van der Waals surface area contributed by atoms with E-state index in [1.807, 2.05) is 36.7 Å². The molecule has 1 N–H and O–H groups in total. The number of carbonyl (C=O) groups excluding carboxylic acids is 1. The van der Waals surface area contributed by atoms with Crippen molar-refractivity contribution in [1.29, 1.82) is 0 Å². The number of amides is 1. The van der Waals surface area contributed by atoms with E-state index in [-0.39, 0.29) is 11.9 Å². The van der Waals surface area contributed by atoms with Gasteiger partial charge in [0, 0.05) is 37.6 Å². The Morgan fingerprint density at radius 1 is 1.35 bits per heavy atom. The fourth-order valence-electron chi connectivity index (χ4n) is 3.11. The van der Waals surface area contributed by atoms with Gasteiger partial charge in [0.05, 0.1) is 12.2 Å². The summed E-state index contributed by atoms with van der Waals surface area (Å²) >= 11 is 0. The molecule has 0 aliphatic carbocycles. The minimum absolute atomic E-state index is 0.0437. The Morgan fingerprint density at radius 3 is 2.78 bits per heavy atom. The first-order chi connectivity index (χ1) is 11.0. The second-order valence-corrected chi connectivity index (χ2v) is 5.93. The van der Waals surface area contributed by atoms with Crippen molar-refractivity contribution in [2.45, 2.75) is 32.7 Å². The maximum absolute atomic E-state index is 12.9. The maximum Gasteiger partial charge on any atom is 0.273 e. The van der Waals surface area contributed by atoms with Gasteiger partial charge in [-0.3, -0.25) is 9.48 Å². The number of rotatable bonds is 3. The van der Waals surface area contributed by atoms with E-state index in [2.05, 4.69) is 20.4 Å². The molecule has 1 aliphatic heterocycles. The first kappa shape index (κ1) is 15.5. The van der Waals surface area contributed by atoms with Crippen LogP contribution in [0.2, 0.25) is 0 Å². The molecule has 1 saturated heterocycles. The molecule has 0 spiro atoms. The smallest absolute Gasteiger partial charge is 0.273 e. The molecular weight excluding hydrogens is 292 g/mol. The molecule has 7 heteroatoms. The lowest BCUT2D eigenvalue weighted by molar-refractivity contribution is 0.0729. The number of nitrogens with one attached hydrogen (secondary N) is 1. The van der Waals surface area contributed by atoms with E-state index < -0.39 is 0 Å². The van der Waals surface area contributed by atoms with Crippen LogP contribution >= 0.6 is 0 Å². The monoisotopic (exact) mass is 314 g/mol. The van der Waals surface area contributed by atoms with Gasteiger partial charge in [-0.2, -0.15) is 5.10 Å². The Bertz CT molecular complexity index is 738. The van der Waals surface area contributed by atoms with E-state index in [0.717, 1.165) is 36.3 Å². The molecule has 2 aromatic rings. The molecule has 0 bridgehead atoms. The summed E-state index contributed by atoms with van der Waals surface area (Å²) in [6.45, 7) is 4.65. The summed E-state index contributed by atoms with van der Waals surface area (Å²) in [6.07, 6.45) is 3.82. The number of anilines is 1. The zero-order chi connectivity index (χ0) is 16.6. The van der Waals surface area contributed by atoms with Crippen molar-refractivity contribution < 1.29 is 4.79 Å². The van der Waals surface area contributed by atoms with Gasteiger partial charge in [0.25, 0.3) is 5.91 Å². The number of carbonyl (C=O) groups is 1. The third-order valence-electron chi connectivity index (χ3n) is 4.44. The predicted octanol–water partition coefficient (Wildman–Crippen LogP) is 1.85. The summed E-state index contributed by atoms with van der Waals surface area (Å²) in [5, 5.41) is 7.21. The van der Waals surface area contributed by atoms with E-state index in [1.54, 1.807) is 13.1 Å². The summed E-state index contributed by atoms with van der Waals surface area (Å²) in [4.78, 5) is 23.4. The third-order valence-corrected chi connectivity index (χ3v) is 4.44. The molecule has 2 aromatic heterocycles. The molecule has 1 unspecified atom stereocenters. The van der Waals surface area contributed by atoms with Crippen LogP contribution in [-0.4, -0.2) is 44.1 Å². The highest BCUT2D eigenvalue weighted by Crippen LogP contribution is 2.34. The molecule has 0 radical (unpaired) electrons. The van der Waals surface area contributed by atoms with Gasteiger partial charge >= 0.3 is 0 Å². The molecular formula is C16H22N6O. The lowest BCUT2D eigenvalue weighted by Crippen LogP contribution is -2.31. The van der Waals surface area contributed by atoms with Gasteiger partial charge in [-0.05, 0) is 32.8 Å². The van der Waals surface area contributed by atoms with Crippen molar-refractivity contribution in [3.05, 3.63) is 34.9 Å². The molecule has 3 rings (SSSR count). The van der Waals surface area contributed by atoms with E-state index in [0.29, 0.717) is 11.6 Å². The Labute approximate surface area is 135 Å². The molecule has 122 valence electrons. The van der Waals surface area contributed by atoms with Crippen LogP contribution in [0.5, 0.6) is 0 Å². The van der Waals surface area contributed by atoms with Crippen molar-refractivity contribution >= 4 is 11.9 Å². The minimum atomic E-state index is -0.0437. The largest absolute Gasteiger partial charge is 0.357 e. The SMILES string of the molecule is CNc1nc(C)cc(C(=O)N2CCCC2c2cnn(C)c2C)n1. The highest BCUT2D eigenvalue weighted by atomic mass is 16.2. The summed E-state index contributed by atoms with van der Waals surface area (Å²) in [5.41, 5.74) is 3.44. The van der Waals surface area contributed by atoms with Crippen molar-refractivity contribution in [3.63, 3.8) is 0 Å². The van der Waals surface area contributed by atoms with Gasteiger partial charge in [-0.1, -0.05) is 0 Å². The van der Waals surface area contributed by atoms with Gasteiger partial charge in [-0.15, -0.1) is 0 Å². The van der Waals surface area contributed by atoms with Crippen molar-refractivity contribution in [3.8, 4) is 0 Å². The van der Waals surface area contributed by atoms with Crippen LogP contribution in [0.3, 0.4) is 0 Å². The van der Waals surface area contributed by atoms with Gasteiger partial charge in [-0.25, -0.2) is 9.97 Å². The number of hydrogen-bond acceptors (Lipinski definition) is 5. The molecule has 1 amide bonds. The molecule has 1 atom stereocenters. The first-order valence-corrected chi connectivity index (χ1v) is 7.84.